The molecule has 0 spiro atoms. The fourth-order valence-electron chi connectivity index (χ4n) is 3.61. The van der Waals surface area contributed by atoms with Crippen LogP contribution in [0.2, 0.25) is 0 Å². The zero-order chi connectivity index (χ0) is 16.1. The molecule has 2 aromatic rings. The van der Waals surface area contributed by atoms with E-state index < -0.39 is 0 Å². The lowest BCUT2D eigenvalue weighted by Crippen LogP contribution is -2.37. The van der Waals surface area contributed by atoms with E-state index in [1.807, 2.05) is 48.5 Å². The normalized spacial score (nSPS) is 16.9. The molecule has 23 heavy (non-hydrogen) atoms. The number of ether oxygens (including phenoxy) is 1. The van der Waals surface area contributed by atoms with Gasteiger partial charge in [-0.15, -0.1) is 0 Å². The van der Waals surface area contributed by atoms with Crippen molar-refractivity contribution in [2.75, 3.05) is 6.54 Å². The van der Waals surface area contributed by atoms with E-state index in [-0.39, 0.29) is 11.2 Å². The molecule has 0 unspecified atom stereocenters. The molecular weight excluding hydrogens is 286 g/mol. The van der Waals surface area contributed by atoms with Crippen molar-refractivity contribution in [3.63, 3.8) is 0 Å². The summed E-state index contributed by atoms with van der Waals surface area (Å²) in [7, 11) is 0. The first kappa shape index (κ1) is 15.9. The quantitative estimate of drug-likeness (QED) is 0.873. The lowest BCUT2D eigenvalue weighted by atomic mass is 9.69. The highest BCUT2D eigenvalue weighted by Crippen LogP contribution is 2.45. The minimum Gasteiger partial charge on any atom is -0.504 e. The molecule has 1 saturated carbocycles. The third kappa shape index (κ3) is 3.35. The van der Waals surface area contributed by atoms with E-state index in [0.717, 1.165) is 24.0 Å². The fraction of sp³-hybridized carbons (Fsp3) is 0.400. The molecule has 1 aliphatic carbocycles. The van der Waals surface area contributed by atoms with Crippen molar-refractivity contribution in [3.8, 4) is 11.5 Å². The molecule has 0 bridgehead atoms. The number of phenols is 1. The second-order valence-corrected chi connectivity index (χ2v) is 6.47. The van der Waals surface area contributed by atoms with Crippen LogP contribution >= 0.6 is 0 Å². The number of rotatable bonds is 5. The first-order chi connectivity index (χ1) is 11.2. The Morgan fingerprint density at radius 1 is 0.957 bits per heavy atom. The van der Waals surface area contributed by atoms with Crippen molar-refractivity contribution in [1.82, 2.24) is 0 Å². The Hall–Kier alpha value is -2.00. The Bertz CT molecular complexity index is 633. The predicted octanol–water partition coefficient (Wildman–Crippen LogP) is 4.13. The predicted molar refractivity (Wildman–Crippen MR) is 92.7 cm³/mol. The van der Waals surface area contributed by atoms with E-state index in [2.05, 4.69) is 0 Å². The minimum atomic E-state index is -0.103. The maximum atomic E-state index is 10.7. The van der Waals surface area contributed by atoms with Crippen molar-refractivity contribution < 1.29 is 9.84 Å². The zero-order valence-electron chi connectivity index (χ0n) is 13.5. The van der Waals surface area contributed by atoms with Crippen LogP contribution in [0.4, 0.5) is 0 Å². The highest BCUT2D eigenvalue weighted by Gasteiger charge is 2.35. The molecule has 0 atom stereocenters. The van der Waals surface area contributed by atoms with Crippen LogP contribution in [0.3, 0.4) is 0 Å². The largest absolute Gasteiger partial charge is 0.504 e. The first-order valence-electron chi connectivity index (χ1n) is 8.44. The van der Waals surface area contributed by atoms with Crippen molar-refractivity contribution in [1.29, 1.82) is 0 Å². The molecule has 0 saturated heterocycles. The molecule has 0 radical (unpaired) electrons. The standard InChI is InChI=1S/C20H25NO2/c21-15-20(12-5-2-6-13-20)17-10-7-11-18(19(17)22)23-14-16-8-3-1-4-9-16/h1,3-4,7-11,22H,2,5-6,12-15,21H2. The number of hydrogen-bond acceptors (Lipinski definition) is 3. The third-order valence-corrected chi connectivity index (χ3v) is 5.01. The summed E-state index contributed by atoms with van der Waals surface area (Å²) in [5.74, 6) is 0.806. The minimum absolute atomic E-state index is 0.103. The average Bonchev–Trinajstić information content (AvgIpc) is 2.62. The summed E-state index contributed by atoms with van der Waals surface area (Å²) in [6, 6.07) is 15.8. The molecule has 122 valence electrons. The molecule has 1 aliphatic rings. The first-order valence-corrected chi connectivity index (χ1v) is 8.44. The molecule has 0 heterocycles. The van der Waals surface area contributed by atoms with Crippen LogP contribution in [0, 0.1) is 0 Å². The van der Waals surface area contributed by atoms with Crippen molar-refractivity contribution in [3.05, 3.63) is 59.7 Å². The highest BCUT2D eigenvalue weighted by molar-refractivity contribution is 5.49. The third-order valence-electron chi connectivity index (χ3n) is 5.01. The van der Waals surface area contributed by atoms with Gasteiger partial charge in [0.2, 0.25) is 0 Å². The highest BCUT2D eigenvalue weighted by atomic mass is 16.5. The number of nitrogens with two attached hydrogens (primary N) is 1. The van der Waals surface area contributed by atoms with Gasteiger partial charge in [-0.1, -0.05) is 61.7 Å². The van der Waals surface area contributed by atoms with E-state index >= 15 is 0 Å². The Morgan fingerprint density at radius 2 is 1.70 bits per heavy atom. The van der Waals surface area contributed by atoms with Gasteiger partial charge < -0.3 is 15.6 Å². The maximum absolute atomic E-state index is 10.7. The molecule has 1 fully saturated rings. The Balaban J connectivity index is 1.83. The van der Waals surface area contributed by atoms with Crippen LogP contribution in [-0.2, 0) is 12.0 Å². The van der Waals surface area contributed by atoms with Gasteiger partial charge in [0, 0.05) is 17.5 Å². The van der Waals surface area contributed by atoms with E-state index in [9.17, 15) is 5.11 Å². The average molecular weight is 311 g/mol. The van der Waals surface area contributed by atoms with Crippen molar-refractivity contribution >= 4 is 0 Å². The summed E-state index contributed by atoms with van der Waals surface area (Å²) in [6.07, 6.45) is 5.68. The molecular formula is C20H25NO2. The smallest absolute Gasteiger partial charge is 0.161 e. The number of para-hydroxylation sites is 1. The van der Waals surface area contributed by atoms with Gasteiger partial charge in [0.05, 0.1) is 0 Å². The monoisotopic (exact) mass is 311 g/mol. The summed E-state index contributed by atoms with van der Waals surface area (Å²) in [4.78, 5) is 0. The number of hydrogen-bond donors (Lipinski definition) is 2. The molecule has 3 heteroatoms. The lowest BCUT2D eigenvalue weighted by Gasteiger charge is -2.37. The van der Waals surface area contributed by atoms with Gasteiger partial charge >= 0.3 is 0 Å². The summed E-state index contributed by atoms with van der Waals surface area (Å²) >= 11 is 0. The van der Waals surface area contributed by atoms with Crippen LogP contribution in [0.1, 0.15) is 43.2 Å². The molecule has 3 nitrogen and oxygen atoms in total. The number of aromatic hydroxyl groups is 1. The van der Waals surface area contributed by atoms with Crippen molar-refractivity contribution in [2.24, 2.45) is 5.73 Å². The Morgan fingerprint density at radius 3 is 2.39 bits per heavy atom. The zero-order valence-corrected chi connectivity index (χ0v) is 13.5. The van der Waals surface area contributed by atoms with Gasteiger partial charge in [-0.3, -0.25) is 0 Å². The van der Waals surface area contributed by atoms with Gasteiger partial charge in [-0.2, -0.15) is 0 Å². The van der Waals surface area contributed by atoms with Crippen LogP contribution in [0.25, 0.3) is 0 Å². The van der Waals surface area contributed by atoms with Gasteiger partial charge in [-0.25, -0.2) is 0 Å². The molecule has 2 aromatic carbocycles. The summed E-state index contributed by atoms with van der Waals surface area (Å²) in [5, 5.41) is 10.7. The molecule has 0 amide bonds. The van der Waals surface area contributed by atoms with Gasteiger partial charge in [0.25, 0.3) is 0 Å². The van der Waals surface area contributed by atoms with Crippen molar-refractivity contribution in [2.45, 2.75) is 44.1 Å². The fourth-order valence-corrected chi connectivity index (χ4v) is 3.61. The van der Waals surface area contributed by atoms with Crippen LogP contribution in [-0.4, -0.2) is 11.7 Å². The van der Waals surface area contributed by atoms with Gasteiger partial charge in [0.1, 0.15) is 6.61 Å². The van der Waals surface area contributed by atoms with Gasteiger partial charge in [0.15, 0.2) is 11.5 Å². The lowest BCUT2D eigenvalue weighted by molar-refractivity contribution is 0.268. The van der Waals surface area contributed by atoms with Crippen LogP contribution in [0.15, 0.2) is 48.5 Å². The molecule has 0 aromatic heterocycles. The second kappa shape index (κ2) is 7.05. The number of benzene rings is 2. The molecule has 3 rings (SSSR count). The summed E-state index contributed by atoms with van der Waals surface area (Å²) in [6.45, 7) is 1.02. The summed E-state index contributed by atoms with van der Waals surface area (Å²) < 4.78 is 5.85. The maximum Gasteiger partial charge on any atom is 0.161 e. The van der Waals surface area contributed by atoms with E-state index in [1.165, 1.54) is 19.3 Å². The number of phenolic OH excluding ortho intramolecular Hbond substituents is 1. The van der Waals surface area contributed by atoms with E-state index in [4.69, 9.17) is 10.5 Å². The topological polar surface area (TPSA) is 55.5 Å². The second-order valence-electron chi connectivity index (χ2n) is 6.47. The summed E-state index contributed by atoms with van der Waals surface area (Å²) in [5.41, 5.74) is 8.04. The molecule has 0 aliphatic heterocycles. The van der Waals surface area contributed by atoms with Gasteiger partial charge in [-0.05, 0) is 24.5 Å². The SMILES string of the molecule is NCC1(c2cccc(OCc3ccccc3)c2O)CCCCC1. The Labute approximate surface area is 138 Å². The van der Waals surface area contributed by atoms with E-state index in [0.29, 0.717) is 18.9 Å². The molecule has 3 N–H and O–H groups in total. The Kier molecular flexibility index (Phi) is 4.87. The van der Waals surface area contributed by atoms with Crippen LogP contribution in [0.5, 0.6) is 11.5 Å². The van der Waals surface area contributed by atoms with E-state index in [1.54, 1.807) is 0 Å². The van der Waals surface area contributed by atoms with Crippen LogP contribution < -0.4 is 10.5 Å².